The Bertz CT molecular complexity index is 1510. The third-order valence-corrected chi connectivity index (χ3v) is 10.4. The zero-order valence-corrected chi connectivity index (χ0v) is 22.8. The zero-order valence-electron chi connectivity index (χ0n) is 20.3. The number of nitrogens with one attached hydrogen (secondary N) is 2. The second kappa shape index (κ2) is 8.81. The number of fused-ring (bicyclic) bond motifs is 1. The van der Waals surface area contributed by atoms with E-state index < -0.39 is 36.5 Å². The van der Waals surface area contributed by atoms with E-state index >= 15 is 0 Å². The van der Waals surface area contributed by atoms with Gasteiger partial charge in [-0.1, -0.05) is 0 Å². The van der Waals surface area contributed by atoms with E-state index in [0.29, 0.717) is 53.2 Å². The summed E-state index contributed by atoms with van der Waals surface area (Å²) in [4.78, 5) is 7.10. The maximum absolute atomic E-state index is 13.5. The van der Waals surface area contributed by atoms with E-state index in [1.165, 1.54) is 6.07 Å². The number of imidazole rings is 1. The zero-order chi connectivity index (χ0) is 26.1. The second-order valence-corrected chi connectivity index (χ2v) is 14.0. The number of nitriles is 1. The summed E-state index contributed by atoms with van der Waals surface area (Å²) in [6, 6.07) is 5.56. The second-order valence-electron chi connectivity index (χ2n) is 10.3. The van der Waals surface area contributed by atoms with Crippen molar-refractivity contribution in [3.05, 3.63) is 22.5 Å². The number of aromatic nitrogens is 4. The number of anilines is 1. The number of piperazine rings is 1. The van der Waals surface area contributed by atoms with Crippen molar-refractivity contribution in [1.29, 1.82) is 5.26 Å². The van der Waals surface area contributed by atoms with Crippen LogP contribution >= 0.6 is 0 Å². The minimum atomic E-state index is -4.05. The predicted octanol–water partition coefficient (Wildman–Crippen LogP) is 2.21. The molecule has 14 heteroatoms. The molecule has 0 unspecified atom stereocenters. The van der Waals surface area contributed by atoms with Crippen molar-refractivity contribution in [2.75, 3.05) is 18.0 Å². The van der Waals surface area contributed by atoms with Crippen LogP contribution < -0.4 is 14.9 Å². The SMILES string of the molecule is C[C@H]1CN(c2cc(S(=O)(=O)NC3(C#N)CC3)cc3c2nc(C2CC2)n3-c2nnc(C(F)F)[se]2)C[C@H](C)N1. The van der Waals surface area contributed by atoms with Crippen molar-refractivity contribution in [2.24, 2.45) is 0 Å². The van der Waals surface area contributed by atoms with Crippen LogP contribution in [0.4, 0.5) is 14.5 Å². The van der Waals surface area contributed by atoms with Crippen LogP contribution in [0.2, 0.25) is 0 Å². The van der Waals surface area contributed by atoms with Gasteiger partial charge < -0.3 is 0 Å². The first-order chi connectivity index (χ1) is 17.6. The van der Waals surface area contributed by atoms with Gasteiger partial charge in [0, 0.05) is 0 Å². The predicted molar refractivity (Wildman–Crippen MR) is 133 cm³/mol. The molecule has 3 fully saturated rings. The number of halogens is 2. The molecule has 2 aromatic heterocycles. The van der Waals surface area contributed by atoms with Gasteiger partial charge in [-0.05, 0) is 0 Å². The molecule has 3 aliphatic rings. The number of rotatable bonds is 7. The molecule has 10 nitrogen and oxygen atoms in total. The van der Waals surface area contributed by atoms with Crippen LogP contribution in [0.15, 0.2) is 17.0 Å². The molecular weight excluding hydrogens is 569 g/mol. The molecule has 2 N–H and O–H groups in total. The Balaban J connectivity index is 1.57. The topological polar surface area (TPSA) is 129 Å². The van der Waals surface area contributed by atoms with Gasteiger partial charge in [0.2, 0.25) is 0 Å². The third-order valence-electron chi connectivity index (χ3n) is 6.99. The van der Waals surface area contributed by atoms with E-state index in [0.717, 1.165) is 12.8 Å². The molecule has 2 aliphatic carbocycles. The number of nitrogens with zero attached hydrogens (tertiary/aromatic N) is 6. The first-order valence-corrected chi connectivity index (χ1v) is 15.4. The van der Waals surface area contributed by atoms with Gasteiger partial charge in [-0.25, -0.2) is 0 Å². The molecule has 3 heterocycles. The van der Waals surface area contributed by atoms with Gasteiger partial charge in [-0.2, -0.15) is 0 Å². The van der Waals surface area contributed by atoms with E-state index in [1.807, 2.05) is 0 Å². The van der Waals surface area contributed by atoms with E-state index in [4.69, 9.17) is 4.98 Å². The van der Waals surface area contributed by atoms with Crippen LogP contribution in [0.3, 0.4) is 0 Å². The fraction of sp³-hybridized carbons (Fsp3) is 0.565. The molecule has 0 spiro atoms. The number of sulfonamides is 1. The standard InChI is InChI=1S/C23H26F2N8O2SSe/c1-12-9-32(10-13(2)27-12)16-7-15(36(34,35)31-23(11-26)5-6-23)8-17-18(16)28-20(14-3-4-14)33(17)22-30-29-21(37-22)19(24)25/h7-8,12-14,19,27,31H,3-6,9-10H2,1-2H3/t12-,13-/m0/s1. The molecule has 0 bridgehead atoms. The molecule has 3 aromatic rings. The summed E-state index contributed by atoms with van der Waals surface area (Å²) in [6.07, 6.45) is 0.0603. The molecule has 0 amide bonds. The average Bonchev–Trinajstić information content (AvgIpc) is 3.74. The molecule has 196 valence electrons. The van der Waals surface area contributed by atoms with E-state index in [1.54, 1.807) is 10.6 Å². The summed E-state index contributed by atoms with van der Waals surface area (Å²) in [5, 5.41) is 20.8. The Morgan fingerprint density at radius 2 is 1.92 bits per heavy atom. The van der Waals surface area contributed by atoms with E-state index in [2.05, 4.69) is 45.1 Å². The number of hydrogen-bond acceptors (Lipinski definition) is 8. The third kappa shape index (κ3) is 4.57. The Hall–Kier alpha value is -2.43. The van der Waals surface area contributed by atoms with Gasteiger partial charge in [0.15, 0.2) is 0 Å². The van der Waals surface area contributed by atoms with Crippen molar-refractivity contribution in [3.8, 4) is 10.8 Å². The van der Waals surface area contributed by atoms with Crippen LogP contribution in [0, 0.1) is 11.3 Å². The molecule has 1 saturated heterocycles. The van der Waals surface area contributed by atoms with Gasteiger partial charge in [-0.3, -0.25) is 0 Å². The average molecular weight is 596 g/mol. The van der Waals surface area contributed by atoms with Crippen LogP contribution in [0.1, 0.15) is 62.3 Å². The quantitative estimate of drug-likeness (QED) is 0.398. The van der Waals surface area contributed by atoms with Gasteiger partial charge in [0.05, 0.1) is 0 Å². The summed E-state index contributed by atoms with van der Waals surface area (Å²) in [7, 11) is -4.05. The van der Waals surface area contributed by atoms with Crippen molar-refractivity contribution in [3.63, 3.8) is 0 Å². The van der Waals surface area contributed by atoms with Crippen LogP contribution in [-0.2, 0) is 10.0 Å². The van der Waals surface area contributed by atoms with Crippen molar-refractivity contribution in [2.45, 2.75) is 74.4 Å². The number of hydrogen-bond donors (Lipinski definition) is 2. The normalized spacial score (nSPS) is 23.5. The summed E-state index contributed by atoms with van der Waals surface area (Å²) >= 11 is -0.810. The van der Waals surface area contributed by atoms with Crippen LogP contribution in [0.25, 0.3) is 15.7 Å². The van der Waals surface area contributed by atoms with Gasteiger partial charge in [0.1, 0.15) is 0 Å². The van der Waals surface area contributed by atoms with Crippen LogP contribution in [0.5, 0.6) is 0 Å². The Kier molecular flexibility index (Phi) is 5.93. The minimum absolute atomic E-state index is 0.0139. The molecule has 1 aromatic carbocycles. The van der Waals surface area contributed by atoms with Gasteiger partial charge in [0.25, 0.3) is 0 Å². The summed E-state index contributed by atoms with van der Waals surface area (Å²) in [5.74, 6) is 0.860. The van der Waals surface area contributed by atoms with Crippen molar-refractivity contribution < 1.29 is 17.2 Å². The van der Waals surface area contributed by atoms with Crippen molar-refractivity contribution in [1.82, 2.24) is 29.8 Å². The summed E-state index contributed by atoms with van der Waals surface area (Å²) in [6.45, 7) is 5.43. The maximum atomic E-state index is 13.5. The van der Waals surface area contributed by atoms with Gasteiger partial charge >= 0.3 is 219 Å². The van der Waals surface area contributed by atoms with E-state index in [-0.39, 0.29) is 27.5 Å². The Morgan fingerprint density at radius 3 is 2.49 bits per heavy atom. The fourth-order valence-electron chi connectivity index (χ4n) is 4.97. The Labute approximate surface area is 218 Å². The molecule has 1 aliphatic heterocycles. The molecular formula is C23H26F2N8O2SSe. The van der Waals surface area contributed by atoms with Crippen molar-refractivity contribution >= 4 is 41.2 Å². The molecule has 2 atom stereocenters. The molecule has 2 saturated carbocycles. The van der Waals surface area contributed by atoms with Crippen LogP contribution in [-0.4, -0.2) is 73.4 Å². The number of benzene rings is 1. The first kappa shape index (κ1) is 24.9. The van der Waals surface area contributed by atoms with E-state index in [9.17, 15) is 22.5 Å². The monoisotopic (exact) mass is 596 g/mol. The van der Waals surface area contributed by atoms with Gasteiger partial charge in [-0.15, -0.1) is 0 Å². The fourth-order valence-corrected chi connectivity index (χ4v) is 7.90. The summed E-state index contributed by atoms with van der Waals surface area (Å²) < 4.78 is 58.3. The Morgan fingerprint density at radius 1 is 1.22 bits per heavy atom. The number of alkyl halides is 2. The molecule has 37 heavy (non-hydrogen) atoms. The molecule has 0 radical (unpaired) electrons. The molecule has 6 rings (SSSR count). The first-order valence-electron chi connectivity index (χ1n) is 12.2. The summed E-state index contributed by atoms with van der Waals surface area (Å²) in [5.41, 5.74) is 0.713.